The van der Waals surface area contributed by atoms with Crippen LogP contribution in [-0.4, -0.2) is 37.2 Å². The first-order valence-electron chi connectivity index (χ1n) is 26.3. The average Bonchev–Trinajstić information content (AvgIpc) is 3.29. The van der Waals surface area contributed by atoms with Crippen LogP contribution in [-0.2, 0) is 28.6 Å². The van der Waals surface area contributed by atoms with Crippen LogP contribution in [0.4, 0.5) is 0 Å². The van der Waals surface area contributed by atoms with Crippen molar-refractivity contribution in [2.45, 2.75) is 239 Å². The normalized spacial score (nSPS) is 12.9. The van der Waals surface area contributed by atoms with E-state index in [1.54, 1.807) is 0 Å². The fourth-order valence-corrected chi connectivity index (χ4v) is 6.89. The fraction of sp³-hybridized carbons (Fsp3) is 0.672. The molecule has 1 atom stereocenters. The molecule has 0 amide bonds. The lowest BCUT2D eigenvalue weighted by Gasteiger charge is -2.18. The molecule has 6 heteroatoms. The summed E-state index contributed by atoms with van der Waals surface area (Å²) >= 11 is 0. The van der Waals surface area contributed by atoms with Gasteiger partial charge in [0.2, 0.25) is 0 Å². The van der Waals surface area contributed by atoms with E-state index < -0.39 is 6.10 Å². The summed E-state index contributed by atoms with van der Waals surface area (Å²) in [6.45, 7) is 6.44. The molecule has 0 bridgehead atoms. The molecule has 0 heterocycles. The SMILES string of the molecule is CCC\C=C/C=C\C=C/C=C\C=C/CCCCCCCC(=O)OCC(COC(=O)CCCCCCC/C=C\CCCC)OC(=O)CCCCCCCCC/C=C\C/C=C\CCCCC. The number of hydrogen-bond acceptors (Lipinski definition) is 6. The first-order valence-corrected chi connectivity index (χ1v) is 26.3. The maximum absolute atomic E-state index is 12.8. The zero-order valence-electron chi connectivity index (χ0n) is 41.5. The van der Waals surface area contributed by atoms with Crippen molar-refractivity contribution in [3.8, 4) is 0 Å². The van der Waals surface area contributed by atoms with Gasteiger partial charge in [0.1, 0.15) is 13.2 Å². The second kappa shape index (κ2) is 52.0. The molecule has 64 heavy (non-hydrogen) atoms. The third-order valence-corrected chi connectivity index (χ3v) is 10.9. The van der Waals surface area contributed by atoms with E-state index in [4.69, 9.17) is 14.2 Å². The van der Waals surface area contributed by atoms with E-state index in [9.17, 15) is 14.4 Å². The lowest BCUT2D eigenvalue weighted by Crippen LogP contribution is -2.30. The zero-order chi connectivity index (χ0) is 46.5. The molecule has 0 rings (SSSR count). The maximum atomic E-state index is 12.8. The van der Waals surface area contributed by atoms with Crippen molar-refractivity contribution in [3.63, 3.8) is 0 Å². The number of unbranched alkanes of at least 4 members (excludes halogenated alkanes) is 23. The van der Waals surface area contributed by atoms with Crippen LogP contribution in [0.2, 0.25) is 0 Å². The lowest BCUT2D eigenvalue weighted by atomic mass is 10.1. The van der Waals surface area contributed by atoms with Crippen LogP contribution in [0.3, 0.4) is 0 Å². The van der Waals surface area contributed by atoms with Crippen LogP contribution in [0.25, 0.3) is 0 Å². The number of ether oxygens (including phenoxy) is 3. The van der Waals surface area contributed by atoms with Crippen molar-refractivity contribution >= 4 is 17.9 Å². The van der Waals surface area contributed by atoms with Gasteiger partial charge in [0, 0.05) is 19.3 Å². The molecule has 364 valence electrons. The van der Waals surface area contributed by atoms with Gasteiger partial charge in [-0.1, -0.05) is 221 Å². The summed E-state index contributed by atoms with van der Waals surface area (Å²) in [7, 11) is 0. The summed E-state index contributed by atoms with van der Waals surface area (Å²) in [5, 5.41) is 0. The van der Waals surface area contributed by atoms with Crippen LogP contribution in [0.15, 0.2) is 97.2 Å². The van der Waals surface area contributed by atoms with Crippen molar-refractivity contribution in [2.75, 3.05) is 13.2 Å². The number of hydrogen-bond donors (Lipinski definition) is 0. The highest BCUT2D eigenvalue weighted by atomic mass is 16.6. The standard InChI is InChI=1S/C58H96O6/c1-4-7-10-13-16-19-22-24-26-28-30-31-33-36-39-42-45-48-51-57(60)63-54-55(53-62-56(59)50-47-44-41-38-35-21-18-15-12-9-6-3)64-58(61)52-49-46-43-40-37-34-32-29-27-25-23-20-17-14-11-8-5-2/h10,13,15-20,22,24-28,30-31,55H,4-9,11-12,14,21,23,29,32-54H2,1-3H3/b13-10-,18-15-,19-16-,20-17-,24-22-,27-25-,28-26-,31-30-. The predicted octanol–water partition coefficient (Wildman–Crippen LogP) is 17.4. The second-order valence-electron chi connectivity index (χ2n) is 17.2. The van der Waals surface area contributed by atoms with Gasteiger partial charge in [0.15, 0.2) is 6.10 Å². The van der Waals surface area contributed by atoms with Crippen molar-refractivity contribution in [2.24, 2.45) is 0 Å². The Balaban J connectivity index is 4.45. The van der Waals surface area contributed by atoms with Crippen LogP contribution >= 0.6 is 0 Å². The molecule has 0 aromatic heterocycles. The van der Waals surface area contributed by atoms with Gasteiger partial charge in [-0.15, -0.1) is 0 Å². The predicted molar refractivity (Wildman–Crippen MR) is 274 cm³/mol. The molecule has 0 aromatic rings. The fourth-order valence-electron chi connectivity index (χ4n) is 6.89. The summed E-state index contributed by atoms with van der Waals surface area (Å²) < 4.78 is 16.8. The van der Waals surface area contributed by atoms with Crippen LogP contribution in [0.5, 0.6) is 0 Å². The molecule has 0 N–H and O–H groups in total. The summed E-state index contributed by atoms with van der Waals surface area (Å²) in [6, 6.07) is 0. The molecule has 0 saturated heterocycles. The molecular formula is C58H96O6. The van der Waals surface area contributed by atoms with Gasteiger partial charge in [0.25, 0.3) is 0 Å². The number of rotatable bonds is 46. The average molecular weight is 889 g/mol. The van der Waals surface area contributed by atoms with Gasteiger partial charge in [-0.25, -0.2) is 0 Å². The van der Waals surface area contributed by atoms with Crippen LogP contribution in [0.1, 0.15) is 233 Å². The molecule has 0 aliphatic carbocycles. The highest BCUT2D eigenvalue weighted by molar-refractivity contribution is 5.71. The number of esters is 3. The molecule has 0 saturated carbocycles. The summed E-state index contributed by atoms with van der Waals surface area (Å²) in [5.74, 6) is -0.940. The highest BCUT2D eigenvalue weighted by Crippen LogP contribution is 2.14. The van der Waals surface area contributed by atoms with E-state index in [1.165, 1.54) is 83.5 Å². The van der Waals surface area contributed by atoms with E-state index in [2.05, 4.69) is 93.7 Å². The number of carbonyl (C=O) groups excluding carboxylic acids is 3. The van der Waals surface area contributed by atoms with Gasteiger partial charge in [-0.3, -0.25) is 14.4 Å². The van der Waals surface area contributed by atoms with Crippen molar-refractivity contribution in [1.29, 1.82) is 0 Å². The molecule has 1 unspecified atom stereocenters. The topological polar surface area (TPSA) is 78.9 Å². The molecule has 0 aromatic carbocycles. The van der Waals surface area contributed by atoms with Gasteiger partial charge >= 0.3 is 17.9 Å². The monoisotopic (exact) mass is 889 g/mol. The smallest absolute Gasteiger partial charge is 0.306 e. The Morgan fingerprint density at radius 3 is 1.12 bits per heavy atom. The third-order valence-electron chi connectivity index (χ3n) is 10.9. The Hall–Kier alpha value is -3.67. The molecule has 0 aliphatic rings. The van der Waals surface area contributed by atoms with Gasteiger partial charge in [-0.2, -0.15) is 0 Å². The van der Waals surface area contributed by atoms with Gasteiger partial charge < -0.3 is 14.2 Å². The lowest BCUT2D eigenvalue weighted by molar-refractivity contribution is -0.167. The molecule has 0 fully saturated rings. The zero-order valence-corrected chi connectivity index (χ0v) is 41.5. The summed E-state index contributed by atoms with van der Waals surface area (Å²) in [6.07, 6.45) is 68.1. The Kier molecular flexibility index (Phi) is 49.0. The first-order chi connectivity index (χ1) is 31.5. The quantitative estimate of drug-likeness (QED) is 0.0199. The molecule has 0 aliphatic heterocycles. The van der Waals surface area contributed by atoms with Crippen LogP contribution in [0, 0.1) is 0 Å². The summed E-state index contributed by atoms with van der Waals surface area (Å²) in [4.78, 5) is 38.0. The number of carbonyl (C=O) groups is 3. The van der Waals surface area contributed by atoms with E-state index in [1.807, 2.05) is 24.3 Å². The molecule has 0 spiro atoms. The Bertz CT molecular complexity index is 1300. The van der Waals surface area contributed by atoms with E-state index in [0.717, 1.165) is 109 Å². The van der Waals surface area contributed by atoms with E-state index >= 15 is 0 Å². The summed E-state index contributed by atoms with van der Waals surface area (Å²) in [5.41, 5.74) is 0. The number of allylic oxidation sites excluding steroid dienone is 16. The first kappa shape index (κ1) is 60.3. The molecule has 6 nitrogen and oxygen atoms in total. The second-order valence-corrected chi connectivity index (χ2v) is 17.2. The Labute approximate surface area is 394 Å². The van der Waals surface area contributed by atoms with Gasteiger partial charge in [0.05, 0.1) is 0 Å². The van der Waals surface area contributed by atoms with E-state index in [0.29, 0.717) is 19.3 Å². The third kappa shape index (κ3) is 49.3. The van der Waals surface area contributed by atoms with Crippen LogP contribution < -0.4 is 0 Å². The van der Waals surface area contributed by atoms with E-state index in [-0.39, 0.29) is 31.1 Å². The highest BCUT2D eigenvalue weighted by Gasteiger charge is 2.19. The minimum absolute atomic E-state index is 0.0948. The minimum Gasteiger partial charge on any atom is -0.462 e. The van der Waals surface area contributed by atoms with Crippen molar-refractivity contribution < 1.29 is 28.6 Å². The van der Waals surface area contributed by atoms with Gasteiger partial charge in [-0.05, 0) is 89.9 Å². The molecule has 0 radical (unpaired) electrons. The minimum atomic E-state index is -0.796. The Morgan fingerprint density at radius 2 is 0.672 bits per heavy atom. The maximum Gasteiger partial charge on any atom is 0.306 e. The molecular weight excluding hydrogens is 793 g/mol. The van der Waals surface area contributed by atoms with Crippen molar-refractivity contribution in [3.05, 3.63) is 97.2 Å². The largest absolute Gasteiger partial charge is 0.462 e. The van der Waals surface area contributed by atoms with Crippen molar-refractivity contribution in [1.82, 2.24) is 0 Å². The Morgan fingerprint density at radius 1 is 0.328 bits per heavy atom.